The van der Waals surface area contributed by atoms with Gasteiger partial charge in [0.2, 0.25) is 5.91 Å². The molecular weight excluding hydrogens is 458 g/mol. The Morgan fingerprint density at radius 1 is 1.17 bits per heavy atom. The summed E-state index contributed by atoms with van der Waals surface area (Å²) in [5, 5.41) is 7.21. The number of aromatic nitrogens is 3. The smallest absolute Gasteiger partial charge is 0.267 e. The van der Waals surface area contributed by atoms with Crippen LogP contribution in [-0.2, 0) is 11.3 Å². The van der Waals surface area contributed by atoms with E-state index >= 15 is 0 Å². The van der Waals surface area contributed by atoms with E-state index in [0.29, 0.717) is 21.4 Å². The van der Waals surface area contributed by atoms with Crippen LogP contribution < -0.4 is 10.9 Å². The lowest BCUT2D eigenvalue weighted by Crippen LogP contribution is -2.29. The molecule has 0 aliphatic carbocycles. The number of carbonyl (C=O) groups is 2. The van der Waals surface area contributed by atoms with Gasteiger partial charge >= 0.3 is 0 Å². The van der Waals surface area contributed by atoms with E-state index in [1.165, 1.54) is 11.0 Å². The molecule has 0 radical (unpaired) electrons. The first-order valence-electron chi connectivity index (χ1n) is 8.57. The van der Waals surface area contributed by atoms with E-state index in [1.54, 1.807) is 27.1 Å². The predicted molar refractivity (Wildman–Crippen MR) is 115 cm³/mol. The van der Waals surface area contributed by atoms with Crippen molar-refractivity contribution in [3.8, 4) is 11.3 Å². The maximum atomic E-state index is 12.4. The van der Waals surface area contributed by atoms with E-state index in [4.69, 9.17) is 0 Å². The zero-order valence-corrected chi connectivity index (χ0v) is 18.4. The second kappa shape index (κ2) is 8.66. The number of carbonyl (C=O) groups excluding carboxylic acids is 2. The summed E-state index contributed by atoms with van der Waals surface area (Å²) in [5.41, 5.74) is 1.55. The summed E-state index contributed by atoms with van der Waals surface area (Å²) in [4.78, 5) is 42.8. The highest BCUT2D eigenvalue weighted by Gasteiger charge is 2.18. The van der Waals surface area contributed by atoms with Crippen molar-refractivity contribution in [1.82, 2.24) is 19.7 Å². The Morgan fingerprint density at radius 2 is 1.86 bits per heavy atom. The molecule has 0 atom stereocenters. The van der Waals surface area contributed by atoms with E-state index in [-0.39, 0.29) is 18.0 Å². The molecular formula is C19H18BrN5O3S. The monoisotopic (exact) mass is 475 g/mol. The summed E-state index contributed by atoms with van der Waals surface area (Å²) in [6, 6.07) is 10.5. The Bertz CT molecular complexity index is 1120. The van der Waals surface area contributed by atoms with Crippen LogP contribution in [0.25, 0.3) is 11.3 Å². The number of anilines is 1. The molecule has 150 valence electrons. The van der Waals surface area contributed by atoms with Crippen LogP contribution >= 0.6 is 27.3 Å². The molecule has 0 aliphatic rings. The molecule has 0 aliphatic heterocycles. The molecule has 3 aromatic rings. The number of rotatable bonds is 5. The van der Waals surface area contributed by atoms with Gasteiger partial charge in [0.25, 0.3) is 11.5 Å². The van der Waals surface area contributed by atoms with Crippen LogP contribution in [0.2, 0.25) is 0 Å². The zero-order chi connectivity index (χ0) is 21.1. The number of benzene rings is 1. The van der Waals surface area contributed by atoms with Gasteiger partial charge in [-0.3, -0.25) is 14.4 Å². The zero-order valence-electron chi connectivity index (χ0n) is 16.0. The molecule has 0 unspecified atom stereocenters. The third kappa shape index (κ3) is 4.96. The summed E-state index contributed by atoms with van der Waals surface area (Å²) in [5.74, 6) is -0.634. The molecule has 2 aromatic heterocycles. The molecule has 0 saturated heterocycles. The van der Waals surface area contributed by atoms with Crippen molar-refractivity contribution >= 4 is 44.2 Å². The molecule has 8 nitrogen and oxygen atoms in total. The van der Waals surface area contributed by atoms with Crippen LogP contribution in [0, 0.1) is 6.92 Å². The number of nitrogens with zero attached hydrogens (tertiary/aromatic N) is 4. The van der Waals surface area contributed by atoms with E-state index < -0.39 is 5.91 Å². The largest absolute Gasteiger partial charge is 0.344 e. The van der Waals surface area contributed by atoms with E-state index in [9.17, 15) is 14.4 Å². The lowest BCUT2D eigenvalue weighted by atomic mass is 10.1. The third-order valence-electron chi connectivity index (χ3n) is 3.94. The lowest BCUT2D eigenvalue weighted by Gasteiger charge is -2.08. The topological polar surface area (TPSA) is 97.2 Å². The van der Waals surface area contributed by atoms with E-state index in [2.05, 4.69) is 31.3 Å². The van der Waals surface area contributed by atoms with Gasteiger partial charge in [-0.1, -0.05) is 39.4 Å². The normalized spacial score (nSPS) is 10.6. The first-order chi connectivity index (χ1) is 13.7. The van der Waals surface area contributed by atoms with E-state index in [0.717, 1.165) is 26.1 Å². The first-order valence-corrected chi connectivity index (χ1v) is 10.2. The van der Waals surface area contributed by atoms with Crippen LogP contribution in [-0.4, -0.2) is 45.6 Å². The Labute approximate surface area is 179 Å². The van der Waals surface area contributed by atoms with Crippen molar-refractivity contribution in [2.75, 3.05) is 19.4 Å². The van der Waals surface area contributed by atoms with Gasteiger partial charge in [-0.05, 0) is 25.1 Å². The van der Waals surface area contributed by atoms with Crippen LogP contribution in [0.15, 0.2) is 45.7 Å². The lowest BCUT2D eigenvalue weighted by molar-refractivity contribution is -0.117. The Balaban J connectivity index is 1.76. The Hall–Kier alpha value is -2.85. The van der Waals surface area contributed by atoms with Gasteiger partial charge in [0, 0.05) is 30.2 Å². The van der Waals surface area contributed by atoms with Crippen molar-refractivity contribution in [2.45, 2.75) is 13.5 Å². The van der Waals surface area contributed by atoms with Gasteiger partial charge in [-0.2, -0.15) is 5.10 Å². The number of thiazole rings is 1. The quantitative estimate of drug-likeness (QED) is 0.611. The molecule has 29 heavy (non-hydrogen) atoms. The van der Waals surface area contributed by atoms with E-state index in [1.807, 2.05) is 24.3 Å². The number of hydrogen-bond donors (Lipinski definition) is 1. The van der Waals surface area contributed by atoms with Gasteiger partial charge in [0.15, 0.2) is 5.13 Å². The number of amides is 2. The van der Waals surface area contributed by atoms with Crippen LogP contribution in [0.4, 0.5) is 5.13 Å². The Morgan fingerprint density at radius 3 is 2.52 bits per heavy atom. The SMILES string of the molecule is Cc1nc(NC(=O)Cn2nc(-c3ccc(Br)cc3)ccc2=O)sc1C(=O)N(C)C. The van der Waals surface area contributed by atoms with Gasteiger partial charge in [-0.25, -0.2) is 9.67 Å². The minimum absolute atomic E-state index is 0.180. The molecule has 3 rings (SSSR count). The number of aryl methyl sites for hydroxylation is 1. The summed E-state index contributed by atoms with van der Waals surface area (Å²) < 4.78 is 2.03. The van der Waals surface area contributed by atoms with Gasteiger partial charge in [0.1, 0.15) is 11.4 Å². The van der Waals surface area contributed by atoms with Gasteiger partial charge < -0.3 is 10.2 Å². The average Bonchev–Trinajstić information content (AvgIpc) is 3.03. The second-order valence-electron chi connectivity index (χ2n) is 6.40. The van der Waals surface area contributed by atoms with Crippen LogP contribution in [0.5, 0.6) is 0 Å². The van der Waals surface area contributed by atoms with Gasteiger partial charge in [0.05, 0.1) is 11.4 Å². The molecule has 1 aromatic carbocycles. The fraction of sp³-hybridized carbons (Fsp3) is 0.211. The molecule has 0 spiro atoms. The maximum Gasteiger partial charge on any atom is 0.267 e. The summed E-state index contributed by atoms with van der Waals surface area (Å²) >= 11 is 4.47. The van der Waals surface area contributed by atoms with Crippen molar-refractivity contribution in [3.05, 3.63) is 61.8 Å². The minimum atomic E-state index is -0.454. The van der Waals surface area contributed by atoms with Crippen molar-refractivity contribution in [3.63, 3.8) is 0 Å². The molecule has 2 heterocycles. The van der Waals surface area contributed by atoms with Crippen molar-refractivity contribution < 1.29 is 9.59 Å². The molecule has 2 amide bonds. The fourth-order valence-electron chi connectivity index (χ4n) is 2.48. The number of halogens is 1. The summed E-state index contributed by atoms with van der Waals surface area (Å²) in [6.07, 6.45) is 0. The van der Waals surface area contributed by atoms with Crippen LogP contribution in [0.3, 0.4) is 0 Å². The maximum absolute atomic E-state index is 12.4. The summed E-state index contributed by atoms with van der Waals surface area (Å²) in [6.45, 7) is 1.44. The molecule has 10 heteroatoms. The minimum Gasteiger partial charge on any atom is -0.344 e. The predicted octanol–water partition coefficient (Wildman–Crippen LogP) is 2.78. The molecule has 0 bridgehead atoms. The molecule has 1 N–H and O–H groups in total. The third-order valence-corrected chi connectivity index (χ3v) is 5.53. The first kappa shape index (κ1) is 20.9. The van der Waals surface area contributed by atoms with Crippen molar-refractivity contribution in [2.24, 2.45) is 0 Å². The standard InChI is InChI=1S/C19H18BrN5O3S/c1-11-17(18(28)24(2)3)29-19(21-11)22-15(26)10-25-16(27)9-8-14(23-25)12-4-6-13(20)7-5-12/h4-9H,10H2,1-3H3,(H,21,22,26). The molecule has 0 fully saturated rings. The van der Waals surface area contributed by atoms with Crippen molar-refractivity contribution in [1.29, 1.82) is 0 Å². The Kier molecular flexibility index (Phi) is 6.23. The summed E-state index contributed by atoms with van der Waals surface area (Å²) in [7, 11) is 3.30. The average molecular weight is 476 g/mol. The number of nitrogens with one attached hydrogen (secondary N) is 1. The van der Waals surface area contributed by atoms with Crippen LogP contribution in [0.1, 0.15) is 15.4 Å². The number of hydrogen-bond acceptors (Lipinski definition) is 6. The fourth-order valence-corrected chi connectivity index (χ4v) is 3.75. The highest BCUT2D eigenvalue weighted by molar-refractivity contribution is 9.10. The second-order valence-corrected chi connectivity index (χ2v) is 8.32. The molecule has 0 saturated carbocycles. The highest BCUT2D eigenvalue weighted by atomic mass is 79.9. The van der Waals surface area contributed by atoms with Gasteiger partial charge in [-0.15, -0.1) is 0 Å². The highest BCUT2D eigenvalue weighted by Crippen LogP contribution is 2.23.